The van der Waals surface area contributed by atoms with E-state index >= 15 is 0 Å². The average Bonchev–Trinajstić information content (AvgIpc) is 2.36. The second kappa shape index (κ2) is 5.67. The van der Waals surface area contributed by atoms with E-state index in [9.17, 15) is 0 Å². The Morgan fingerprint density at radius 2 is 1.82 bits per heavy atom. The van der Waals surface area contributed by atoms with Gasteiger partial charge < -0.3 is 5.32 Å². The van der Waals surface area contributed by atoms with Gasteiger partial charge in [0.2, 0.25) is 0 Å². The van der Waals surface area contributed by atoms with Gasteiger partial charge in [-0.15, -0.1) is 10.2 Å². The molecule has 94 valence electrons. The summed E-state index contributed by atoms with van der Waals surface area (Å²) in [7, 11) is 0. The third-order valence-electron chi connectivity index (χ3n) is 3.75. The van der Waals surface area contributed by atoms with Crippen molar-refractivity contribution in [2.75, 3.05) is 11.9 Å². The Hall–Kier alpha value is -0.830. The largest absolute Gasteiger partial charge is 0.368 e. The predicted molar refractivity (Wildman–Crippen MR) is 71.6 cm³/mol. The maximum atomic E-state index is 5.93. The van der Waals surface area contributed by atoms with E-state index in [1.807, 2.05) is 13.8 Å². The quantitative estimate of drug-likeness (QED) is 0.892. The van der Waals surface area contributed by atoms with Gasteiger partial charge in [-0.3, -0.25) is 0 Å². The van der Waals surface area contributed by atoms with Crippen LogP contribution in [0.1, 0.15) is 43.2 Å². The number of nitrogens with one attached hydrogen (secondary N) is 1. The van der Waals surface area contributed by atoms with Crippen LogP contribution in [-0.4, -0.2) is 16.7 Å². The van der Waals surface area contributed by atoms with E-state index in [0.29, 0.717) is 5.15 Å². The number of hydrogen-bond acceptors (Lipinski definition) is 3. The highest BCUT2D eigenvalue weighted by molar-refractivity contribution is 6.30. The van der Waals surface area contributed by atoms with Crippen molar-refractivity contribution in [2.45, 2.75) is 46.0 Å². The molecule has 1 aliphatic carbocycles. The van der Waals surface area contributed by atoms with Crippen molar-refractivity contribution in [2.24, 2.45) is 5.92 Å². The average molecular weight is 254 g/mol. The Balaban J connectivity index is 1.96. The van der Waals surface area contributed by atoms with Crippen molar-refractivity contribution >= 4 is 17.4 Å². The molecule has 0 radical (unpaired) electrons. The van der Waals surface area contributed by atoms with Crippen molar-refractivity contribution in [3.05, 3.63) is 16.3 Å². The lowest BCUT2D eigenvalue weighted by molar-refractivity contribution is 0.373. The van der Waals surface area contributed by atoms with Crippen LogP contribution in [0.25, 0.3) is 0 Å². The molecular weight excluding hydrogens is 234 g/mol. The zero-order valence-electron chi connectivity index (χ0n) is 10.6. The molecule has 1 saturated carbocycles. The predicted octanol–water partition coefficient (Wildman–Crippen LogP) is 3.74. The van der Waals surface area contributed by atoms with Gasteiger partial charge in [-0.2, -0.15) is 0 Å². The van der Waals surface area contributed by atoms with Crippen molar-refractivity contribution in [1.29, 1.82) is 0 Å². The molecule has 0 amide bonds. The van der Waals surface area contributed by atoms with Crippen LogP contribution in [0.15, 0.2) is 0 Å². The Morgan fingerprint density at radius 3 is 2.53 bits per heavy atom. The molecule has 17 heavy (non-hydrogen) atoms. The fraction of sp³-hybridized carbons (Fsp3) is 0.692. The minimum atomic E-state index is 0.505. The fourth-order valence-electron chi connectivity index (χ4n) is 2.38. The number of nitrogens with zero attached hydrogens (tertiary/aromatic N) is 2. The summed E-state index contributed by atoms with van der Waals surface area (Å²) in [6.45, 7) is 5.04. The van der Waals surface area contributed by atoms with E-state index in [1.165, 1.54) is 32.1 Å². The molecule has 0 spiro atoms. The lowest BCUT2D eigenvalue weighted by Gasteiger charge is -2.22. The first-order valence-electron chi connectivity index (χ1n) is 6.41. The van der Waals surface area contributed by atoms with Gasteiger partial charge in [0.15, 0.2) is 11.0 Å². The zero-order valence-corrected chi connectivity index (χ0v) is 11.3. The van der Waals surface area contributed by atoms with E-state index in [-0.39, 0.29) is 0 Å². The van der Waals surface area contributed by atoms with Gasteiger partial charge >= 0.3 is 0 Å². The van der Waals surface area contributed by atoms with E-state index in [4.69, 9.17) is 11.6 Å². The fourth-order valence-corrected chi connectivity index (χ4v) is 2.56. The molecule has 1 heterocycles. The van der Waals surface area contributed by atoms with Crippen LogP contribution in [0.5, 0.6) is 0 Å². The normalized spacial score (nSPS) is 17.1. The minimum absolute atomic E-state index is 0.505. The van der Waals surface area contributed by atoms with E-state index in [2.05, 4.69) is 15.5 Å². The highest BCUT2D eigenvalue weighted by Crippen LogP contribution is 2.25. The topological polar surface area (TPSA) is 37.8 Å². The van der Waals surface area contributed by atoms with Gasteiger partial charge in [-0.1, -0.05) is 30.9 Å². The molecule has 0 atom stereocenters. The maximum absolute atomic E-state index is 5.93. The highest BCUT2D eigenvalue weighted by atomic mass is 35.5. The van der Waals surface area contributed by atoms with Crippen LogP contribution in [0.2, 0.25) is 5.15 Å². The van der Waals surface area contributed by atoms with E-state index in [1.54, 1.807) is 0 Å². The molecule has 1 aliphatic rings. The van der Waals surface area contributed by atoms with Crippen LogP contribution < -0.4 is 5.32 Å². The van der Waals surface area contributed by atoms with E-state index in [0.717, 1.165) is 29.4 Å². The van der Waals surface area contributed by atoms with Crippen molar-refractivity contribution in [3.63, 3.8) is 0 Å². The maximum Gasteiger partial charge on any atom is 0.155 e. The first-order chi connectivity index (χ1) is 8.18. The number of rotatable bonds is 3. The molecular formula is C13H20ClN3. The SMILES string of the molecule is Cc1c(Cl)nnc(NCC2CCCCC2)c1C. The number of halogens is 1. The standard InChI is InChI=1S/C13H20ClN3/c1-9-10(2)13(17-16-12(9)14)15-8-11-6-4-3-5-7-11/h11H,3-8H2,1-2H3,(H,15,17). The summed E-state index contributed by atoms with van der Waals surface area (Å²) in [6.07, 6.45) is 6.82. The molecule has 0 saturated heterocycles. The van der Waals surface area contributed by atoms with Crippen LogP contribution in [0, 0.1) is 19.8 Å². The summed E-state index contributed by atoms with van der Waals surface area (Å²) in [6, 6.07) is 0. The monoisotopic (exact) mass is 253 g/mol. The number of aromatic nitrogens is 2. The molecule has 2 rings (SSSR count). The summed E-state index contributed by atoms with van der Waals surface area (Å²) >= 11 is 5.93. The molecule has 1 fully saturated rings. The van der Waals surface area contributed by atoms with Crippen molar-refractivity contribution < 1.29 is 0 Å². The Bertz CT molecular complexity index is 386. The Labute approximate surface area is 108 Å². The summed E-state index contributed by atoms with van der Waals surface area (Å²) in [5.74, 6) is 1.68. The molecule has 1 aromatic rings. The van der Waals surface area contributed by atoms with Gasteiger partial charge in [-0.05, 0) is 43.7 Å². The van der Waals surface area contributed by atoms with Crippen LogP contribution >= 0.6 is 11.6 Å². The van der Waals surface area contributed by atoms with Crippen molar-refractivity contribution in [3.8, 4) is 0 Å². The smallest absolute Gasteiger partial charge is 0.155 e. The molecule has 1 N–H and O–H groups in total. The lowest BCUT2D eigenvalue weighted by Crippen LogP contribution is -2.18. The number of anilines is 1. The summed E-state index contributed by atoms with van der Waals surface area (Å²) in [4.78, 5) is 0. The van der Waals surface area contributed by atoms with Gasteiger partial charge in [0.05, 0.1) is 0 Å². The third-order valence-corrected chi connectivity index (χ3v) is 4.11. The molecule has 0 unspecified atom stereocenters. The number of hydrogen-bond donors (Lipinski definition) is 1. The summed E-state index contributed by atoms with van der Waals surface area (Å²) in [5.41, 5.74) is 2.13. The van der Waals surface area contributed by atoms with Gasteiger partial charge in [-0.25, -0.2) is 0 Å². The second-order valence-electron chi connectivity index (χ2n) is 4.97. The third kappa shape index (κ3) is 3.09. The van der Waals surface area contributed by atoms with Crippen LogP contribution in [0.4, 0.5) is 5.82 Å². The van der Waals surface area contributed by atoms with E-state index < -0.39 is 0 Å². The Morgan fingerprint density at radius 1 is 1.12 bits per heavy atom. The van der Waals surface area contributed by atoms with Gasteiger partial charge in [0, 0.05) is 6.54 Å². The van der Waals surface area contributed by atoms with Gasteiger partial charge in [0.1, 0.15) is 0 Å². The molecule has 0 bridgehead atoms. The van der Waals surface area contributed by atoms with Crippen molar-refractivity contribution in [1.82, 2.24) is 10.2 Å². The second-order valence-corrected chi connectivity index (χ2v) is 5.33. The highest BCUT2D eigenvalue weighted by Gasteiger charge is 2.14. The first-order valence-corrected chi connectivity index (χ1v) is 6.79. The Kier molecular flexibility index (Phi) is 4.21. The van der Waals surface area contributed by atoms with Gasteiger partial charge in [0.25, 0.3) is 0 Å². The minimum Gasteiger partial charge on any atom is -0.368 e. The first kappa shape index (κ1) is 12.6. The zero-order chi connectivity index (χ0) is 12.3. The molecule has 0 aromatic carbocycles. The summed E-state index contributed by atoms with van der Waals surface area (Å²) < 4.78 is 0. The molecule has 0 aliphatic heterocycles. The lowest BCUT2D eigenvalue weighted by atomic mass is 9.89. The van der Waals surface area contributed by atoms with Crippen LogP contribution in [0.3, 0.4) is 0 Å². The van der Waals surface area contributed by atoms with Crippen LogP contribution in [-0.2, 0) is 0 Å². The molecule has 1 aromatic heterocycles. The summed E-state index contributed by atoms with van der Waals surface area (Å²) in [5, 5.41) is 12.0. The molecule has 3 nitrogen and oxygen atoms in total. The molecule has 4 heteroatoms.